The fraction of sp³-hybridized carbons (Fsp3) is 0.290. The van der Waals surface area contributed by atoms with Crippen molar-refractivity contribution in [3.63, 3.8) is 0 Å². The Bertz CT molecular complexity index is 1350. The number of nitrogens with one attached hydrogen (secondary N) is 1. The van der Waals surface area contributed by atoms with Crippen molar-refractivity contribution >= 4 is 16.5 Å². The van der Waals surface area contributed by atoms with Gasteiger partial charge in [-0.15, -0.1) is 0 Å². The Morgan fingerprint density at radius 1 is 0.946 bits per heavy atom. The summed E-state index contributed by atoms with van der Waals surface area (Å²) in [4.78, 5) is 10.6. The van der Waals surface area contributed by atoms with Gasteiger partial charge in [-0.2, -0.15) is 0 Å². The second kappa shape index (κ2) is 11.6. The highest BCUT2D eigenvalue weighted by molar-refractivity contribution is 5.83. The summed E-state index contributed by atoms with van der Waals surface area (Å²) in [5, 5.41) is 27.6. The fourth-order valence-corrected chi connectivity index (χ4v) is 4.60. The molecule has 0 heterocycles. The molecular formula is C31H34N2O4. The smallest absolute Gasteiger partial charge is 0.269 e. The highest BCUT2D eigenvalue weighted by Crippen LogP contribution is 2.31. The average molecular weight is 499 g/mol. The van der Waals surface area contributed by atoms with E-state index in [0.717, 1.165) is 23.1 Å². The predicted octanol–water partition coefficient (Wildman–Crippen LogP) is 6.46. The van der Waals surface area contributed by atoms with Gasteiger partial charge in [-0.1, -0.05) is 66.7 Å². The number of aliphatic hydroxyl groups is 1. The number of β-amino-alcohol motifs (C(OH)–C–C–N with tert-alkyl or cyclic N) is 1. The molecule has 0 saturated carbocycles. The van der Waals surface area contributed by atoms with Gasteiger partial charge in [0.1, 0.15) is 0 Å². The van der Waals surface area contributed by atoms with Crippen LogP contribution in [0.5, 0.6) is 0 Å². The number of nitro groups is 1. The summed E-state index contributed by atoms with van der Waals surface area (Å²) >= 11 is 0. The molecule has 0 amide bonds. The largest absolute Gasteiger partial charge is 0.389 e. The van der Waals surface area contributed by atoms with Gasteiger partial charge in [-0.3, -0.25) is 10.1 Å². The van der Waals surface area contributed by atoms with Crippen LogP contribution in [0.4, 0.5) is 5.69 Å². The lowest BCUT2D eigenvalue weighted by Crippen LogP contribution is -2.46. The highest BCUT2D eigenvalue weighted by Gasteiger charge is 2.21. The Hall–Kier alpha value is -3.58. The number of hydrogen-bond donors (Lipinski definition) is 2. The van der Waals surface area contributed by atoms with E-state index < -0.39 is 11.0 Å². The molecule has 0 radical (unpaired) electrons. The number of hydrogen-bond acceptors (Lipinski definition) is 5. The molecule has 0 aliphatic heterocycles. The van der Waals surface area contributed by atoms with Gasteiger partial charge in [0.05, 0.1) is 23.7 Å². The maximum Gasteiger partial charge on any atom is 0.269 e. The highest BCUT2D eigenvalue weighted by atomic mass is 16.6. The molecule has 0 fully saturated rings. The zero-order valence-electron chi connectivity index (χ0n) is 21.6. The second-order valence-electron chi connectivity index (χ2n) is 10.1. The van der Waals surface area contributed by atoms with Crippen LogP contribution in [0.1, 0.15) is 38.0 Å². The second-order valence-corrected chi connectivity index (χ2v) is 10.1. The first-order valence-electron chi connectivity index (χ1n) is 12.6. The van der Waals surface area contributed by atoms with Crippen LogP contribution in [0.25, 0.3) is 21.9 Å². The summed E-state index contributed by atoms with van der Waals surface area (Å²) in [7, 11) is 0. The van der Waals surface area contributed by atoms with E-state index in [1.165, 1.54) is 28.5 Å². The lowest BCUT2D eigenvalue weighted by molar-refractivity contribution is -0.384. The van der Waals surface area contributed by atoms with E-state index in [4.69, 9.17) is 4.74 Å². The normalized spacial score (nSPS) is 13.4. The van der Waals surface area contributed by atoms with Crippen molar-refractivity contribution in [2.75, 3.05) is 13.2 Å². The van der Waals surface area contributed by atoms with Crippen molar-refractivity contribution in [1.82, 2.24) is 5.32 Å². The Labute approximate surface area is 218 Å². The van der Waals surface area contributed by atoms with Crippen molar-refractivity contribution in [3.05, 3.63) is 112 Å². The molecule has 0 bridgehead atoms. The molecular weight excluding hydrogens is 464 g/mol. The first-order valence-corrected chi connectivity index (χ1v) is 12.6. The van der Waals surface area contributed by atoms with Crippen LogP contribution in [0.2, 0.25) is 0 Å². The topological polar surface area (TPSA) is 84.6 Å². The molecule has 0 aliphatic rings. The van der Waals surface area contributed by atoms with E-state index >= 15 is 0 Å². The third-order valence-electron chi connectivity index (χ3n) is 6.60. The predicted molar refractivity (Wildman–Crippen MR) is 149 cm³/mol. The number of benzene rings is 4. The van der Waals surface area contributed by atoms with Crippen molar-refractivity contribution in [2.24, 2.45) is 0 Å². The molecule has 0 aromatic heterocycles. The third kappa shape index (κ3) is 7.01. The van der Waals surface area contributed by atoms with Gasteiger partial charge in [-0.05, 0) is 72.4 Å². The van der Waals surface area contributed by atoms with Crippen LogP contribution < -0.4 is 5.32 Å². The maximum atomic E-state index is 11.0. The van der Waals surface area contributed by atoms with Crippen LogP contribution in [-0.4, -0.2) is 34.8 Å². The Morgan fingerprint density at radius 3 is 2.35 bits per heavy atom. The summed E-state index contributed by atoms with van der Waals surface area (Å²) in [6.07, 6.45) is -0.0822. The average Bonchev–Trinajstić information content (AvgIpc) is 2.90. The van der Waals surface area contributed by atoms with Crippen molar-refractivity contribution in [3.8, 4) is 11.1 Å². The SMILES string of the molecule is C[C@@H](OC[C@H](O)CNC(C)(C)Cc1ccc2ccccc2c1)c1ccccc1-c1ccc([N+](=O)[O-])cc1. The quantitative estimate of drug-likeness (QED) is 0.183. The van der Waals surface area contributed by atoms with Crippen LogP contribution in [0.3, 0.4) is 0 Å². The Kier molecular flexibility index (Phi) is 8.34. The summed E-state index contributed by atoms with van der Waals surface area (Å²) in [5.41, 5.74) is 3.91. The molecule has 4 aromatic rings. The molecule has 192 valence electrons. The standard InChI is InChI=1S/C31H34N2O4/c1-22(29-10-6-7-11-30(29)25-14-16-27(17-15-25)33(35)36)37-21-28(34)20-32-31(2,3)19-23-12-13-24-8-4-5-9-26(24)18-23/h4-18,22,28,32,34H,19-21H2,1-3H3/t22-,28-/m1/s1. The van der Waals surface area contributed by atoms with Gasteiger partial charge in [0, 0.05) is 24.2 Å². The number of ether oxygens (including phenoxy) is 1. The van der Waals surface area contributed by atoms with Crippen LogP contribution in [0, 0.1) is 10.1 Å². The minimum atomic E-state index is -0.662. The van der Waals surface area contributed by atoms with Crippen molar-refractivity contribution < 1.29 is 14.8 Å². The van der Waals surface area contributed by atoms with E-state index in [9.17, 15) is 15.2 Å². The van der Waals surface area contributed by atoms with Gasteiger partial charge in [0.25, 0.3) is 5.69 Å². The number of nitro benzene ring substituents is 1. The zero-order valence-corrected chi connectivity index (χ0v) is 21.6. The van der Waals surface area contributed by atoms with Crippen molar-refractivity contribution in [1.29, 1.82) is 0 Å². The number of non-ortho nitro benzene ring substituents is 1. The third-order valence-corrected chi connectivity index (χ3v) is 6.60. The molecule has 6 heteroatoms. The molecule has 4 rings (SSSR count). The molecule has 37 heavy (non-hydrogen) atoms. The summed E-state index contributed by atoms with van der Waals surface area (Å²) in [5.74, 6) is 0. The lowest BCUT2D eigenvalue weighted by Gasteiger charge is -2.28. The number of rotatable bonds is 11. The van der Waals surface area contributed by atoms with E-state index in [0.29, 0.717) is 6.54 Å². The van der Waals surface area contributed by atoms with E-state index in [1.54, 1.807) is 12.1 Å². The summed E-state index contributed by atoms with van der Waals surface area (Å²) < 4.78 is 6.05. The molecule has 0 unspecified atom stereocenters. The monoisotopic (exact) mass is 498 g/mol. The summed E-state index contributed by atoms with van der Waals surface area (Å²) in [6.45, 7) is 6.83. The first kappa shape index (κ1) is 26.5. The Balaban J connectivity index is 1.32. The van der Waals surface area contributed by atoms with Gasteiger partial charge in [-0.25, -0.2) is 0 Å². The van der Waals surface area contributed by atoms with Gasteiger partial charge in [0.15, 0.2) is 0 Å². The number of fused-ring (bicyclic) bond motifs is 1. The lowest BCUT2D eigenvalue weighted by atomic mass is 9.93. The maximum absolute atomic E-state index is 11.0. The summed E-state index contributed by atoms with van der Waals surface area (Å²) in [6, 6.07) is 29.2. The van der Waals surface area contributed by atoms with Crippen LogP contribution >= 0.6 is 0 Å². The van der Waals surface area contributed by atoms with Gasteiger partial charge in [0.2, 0.25) is 0 Å². The van der Waals surface area contributed by atoms with Crippen LogP contribution in [0.15, 0.2) is 91.0 Å². The minimum absolute atomic E-state index is 0.0599. The molecule has 0 spiro atoms. The molecule has 2 atom stereocenters. The minimum Gasteiger partial charge on any atom is -0.389 e. The van der Waals surface area contributed by atoms with Gasteiger partial charge < -0.3 is 15.2 Å². The van der Waals surface area contributed by atoms with Crippen molar-refractivity contribution in [2.45, 2.75) is 44.9 Å². The van der Waals surface area contributed by atoms with E-state index in [1.807, 2.05) is 37.3 Å². The molecule has 2 N–H and O–H groups in total. The molecule has 0 aliphatic carbocycles. The molecule has 6 nitrogen and oxygen atoms in total. The van der Waals surface area contributed by atoms with E-state index in [2.05, 4.69) is 55.6 Å². The molecule has 0 saturated heterocycles. The fourth-order valence-electron chi connectivity index (χ4n) is 4.60. The Morgan fingerprint density at radius 2 is 1.62 bits per heavy atom. The van der Waals surface area contributed by atoms with E-state index in [-0.39, 0.29) is 23.9 Å². The zero-order chi connectivity index (χ0) is 26.4. The number of aliphatic hydroxyl groups excluding tert-OH is 1. The van der Waals surface area contributed by atoms with Crippen LogP contribution in [-0.2, 0) is 11.2 Å². The molecule has 4 aromatic carbocycles. The first-order chi connectivity index (χ1) is 17.7. The van der Waals surface area contributed by atoms with Gasteiger partial charge >= 0.3 is 0 Å². The number of nitrogens with zero attached hydrogens (tertiary/aromatic N) is 1.